The highest BCUT2D eigenvalue weighted by Crippen LogP contribution is 2.19. The first-order valence-corrected chi connectivity index (χ1v) is 11.0. The predicted molar refractivity (Wildman–Crippen MR) is 113 cm³/mol. The molecule has 1 aromatic heterocycles. The Bertz CT molecular complexity index is 958. The molecule has 0 aliphatic carbocycles. The first-order chi connectivity index (χ1) is 13.2. The van der Waals surface area contributed by atoms with Gasteiger partial charge in [-0.2, -0.15) is 4.99 Å². The minimum Gasteiger partial charge on any atom is -0.380 e. The van der Waals surface area contributed by atoms with Crippen molar-refractivity contribution in [2.45, 2.75) is 31.7 Å². The molecule has 27 heavy (non-hydrogen) atoms. The lowest BCUT2D eigenvalue weighted by molar-refractivity contribution is -0.117. The number of carbonyl (C=O) groups is 1. The van der Waals surface area contributed by atoms with Gasteiger partial charge in [0.05, 0.1) is 23.2 Å². The van der Waals surface area contributed by atoms with Crippen LogP contribution in [0.15, 0.2) is 58.4 Å². The number of thioether (sulfide) groups is 1. The summed E-state index contributed by atoms with van der Waals surface area (Å²) in [6.45, 7) is 6.09. The Kier molecular flexibility index (Phi) is 7.26. The van der Waals surface area contributed by atoms with E-state index in [1.54, 1.807) is 23.1 Å². The second kappa shape index (κ2) is 9.88. The summed E-state index contributed by atoms with van der Waals surface area (Å²) in [7, 11) is 0. The fraction of sp³-hybridized carbons (Fsp3) is 0.333. The molecular weight excluding hydrogens is 376 g/mol. The monoisotopic (exact) mass is 400 g/mol. The van der Waals surface area contributed by atoms with Gasteiger partial charge < -0.3 is 9.30 Å². The van der Waals surface area contributed by atoms with Gasteiger partial charge in [-0.05, 0) is 42.5 Å². The quantitative estimate of drug-likeness (QED) is 0.412. The van der Waals surface area contributed by atoms with Gasteiger partial charge in [-0.1, -0.05) is 42.5 Å². The zero-order valence-electron chi connectivity index (χ0n) is 15.7. The van der Waals surface area contributed by atoms with Crippen LogP contribution < -0.4 is 4.80 Å². The van der Waals surface area contributed by atoms with E-state index in [-0.39, 0.29) is 5.91 Å². The zero-order valence-corrected chi connectivity index (χ0v) is 17.3. The summed E-state index contributed by atoms with van der Waals surface area (Å²) < 4.78 is 8.70. The number of aromatic nitrogens is 1. The number of nitrogens with zero attached hydrogens (tertiary/aromatic N) is 2. The molecule has 0 saturated carbocycles. The maximum Gasteiger partial charge on any atom is 0.252 e. The summed E-state index contributed by atoms with van der Waals surface area (Å²) in [5.41, 5.74) is 2.08. The first-order valence-electron chi connectivity index (χ1n) is 9.16. The van der Waals surface area contributed by atoms with Gasteiger partial charge in [-0.15, -0.1) is 11.8 Å². The van der Waals surface area contributed by atoms with Gasteiger partial charge in [-0.3, -0.25) is 4.79 Å². The average Bonchev–Trinajstić information content (AvgIpc) is 3.01. The molecule has 0 saturated heterocycles. The Hall–Kier alpha value is -1.89. The second-order valence-electron chi connectivity index (χ2n) is 5.96. The molecule has 2 aromatic carbocycles. The van der Waals surface area contributed by atoms with Crippen LogP contribution in [0.2, 0.25) is 0 Å². The summed E-state index contributed by atoms with van der Waals surface area (Å²) in [4.78, 5) is 18.9. The lowest BCUT2D eigenvalue weighted by atomic mass is 10.1. The smallest absolute Gasteiger partial charge is 0.252 e. The van der Waals surface area contributed by atoms with Crippen molar-refractivity contribution in [2.75, 3.05) is 19.0 Å². The molecule has 0 aliphatic heterocycles. The molecule has 0 spiro atoms. The van der Waals surface area contributed by atoms with E-state index < -0.39 is 0 Å². The lowest BCUT2D eigenvalue weighted by Crippen LogP contribution is -2.20. The zero-order chi connectivity index (χ0) is 19.1. The molecule has 3 rings (SSSR count). The summed E-state index contributed by atoms with van der Waals surface area (Å²) in [6.07, 6.45) is 0.316. The fourth-order valence-electron chi connectivity index (χ4n) is 2.81. The average molecular weight is 401 g/mol. The summed E-state index contributed by atoms with van der Waals surface area (Å²) >= 11 is 3.34. The number of hydrogen-bond acceptors (Lipinski definition) is 4. The van der Waals surface area contributed by atoms with Crippen molar-refractivity contribution < 1.29 is 9.53 Å². The van der Waals surface area contributed by atoms with E-state index in [2.05, 4.69) is 40.7 Å². The third-order valence-electron chi connectivity index (χ3n) is 4.06. The normalized spacial score (nSPS) is 12.0. The fourth-order valence-corrected chi connectivity index (χ4v) is 4.55. The van der Waals surface area contributed by atoms with Crippen LogP contribution in [0.25, 0.3) is 10.2 Å². The third kappa shape index (κ3) is 5.31. The molecule has 4 nitrogen and oxygen atoms in total. The molecule has 0 aliphatic rings. The SMILES string of the molecule is CCOCCn1c(=NC(=O)Cc2ccc(SCC)cc2)sc2ccccc21. The van der Waals surface area contributed by atoms with E-state index in [1.807, 2.05) is 31.2 Å². The van der Waals surface area contributed by atoms with Crippen LogP contribution in [0.3, 0.4) is 0 Å². The van der Waals surface area contributed by atoms with Crippen LogP contribution in [0, 0.1) is 0 Å². The summed E-state index contributed by atoms with van der Waals surface area (Å²) in [5, 5.41) is 0. The van der Waals surface area contributed by atoms with Crippen molar-refractivity contribution in [3.05, 3.63) is 58.9 Å². The highest BCUT2D eigenvalue weighted by molar-refractivity contribution is 7.99. The number of carbonyl (C=O) groups excluding carboxylic acids is 1. The molecule has 0 radical (unpaired) electrons. The van der Waals surface area contributed by atoms with Gasteiger partial charge in [0.15, 0.2) is 4.80 Å². The molecule has 0 atom stereocenters. The molecular formula is C21H24N2O2S2. The maximum atomic E-state index is 12.5. The van der Waals surface area contributed by atoms with Crippen LogP contribution in [-0.2, 0) is 22.5 Å². The van der Waals surface area contributed by atoms with Crippen molar-refractivity contribution in [3.63, 3.8) is 0 Å². The van der Waals surface area contributed by atoms with E-state index >= 15 is 0 Å². The molecule has 142 valence electrons. The molecule has 1 heterocycles. The van der Waals surface area contributed by atoms with Crippen molar-refractivity contribution in [1.29, 1.82) is 0 Å². The molecule has 6 heteroatoms. The maximum absolute atomic E-state index is 12.5. The van der Waals surface area contributed by atoms with E-state index in [0.29, 0.717) is 26.2 Å². The van der Waals surface area contributed by atoms with E-state index in [9.17, 15) is 4.79 Å². The number of para-hydroxylation sites is 1. The van der Waals surface area contributed by atoms with Gasteiger partial charge in [-0.25, -0.2) is 0 Å². The van der Waals surface area contributed by atoms with E-state index in [1.165, 1.54) is 4.90 Å². The van der Waals surface area contributed by atoms with Crippen LogP contribution in [0.5, 0.6) is 0 Å². The topological polar surface area (TPSA) is 43.6 Å². The number of fused-ring (bicyclic) bond motifs is 1. The Morgan fingerprint density at radius 3 is 2.67 bits per heavy atom. The Morgan fingerprint density at radius 2 is 1.93 bits per heavy atom. The minimum absolute atomic E-state index is 0.123. The lowest BCUT2D eigenvalue weighted by Gasteiger charge is -2.05. The van der Waals surface area contributed by atoms with Crippen molar-refractivity contribution in [2.24, 2.45) is 4.99 Å². The van der Waals surface area contributed by atoms with Gasteiger partial charge in [0, 0.05) is 18.0 Å². The van der Waals surface area contributed by atoms with Gasteiger partial charge in [0.25, 0.3) is 5.91 Å². The number of hydrogen-bond donors (Lipinski definition) is 0. The van der Waals surface area contributed by atoms with Gasteiger partial charge >= 0.3 is 0 Å². The summed E-state index contributed by atoms with van der Waals surface area (Å²) in [6, 6.07) is 16.3. The third-order valence-corrected chi connectivity index (χ3v) is 6.02. The van der Waals surface area contributed by atoms with Crippen LogP contribution in [-0.4, -0.2) is 29.4 Å². The predicted octanol–water partition coefficient (Wildman–Crippen LogP) is 4.52. The Morgan fingerprint density at radius 1 is 1.15 bits per heavy atom. The molecule has 0 unspecified atom stereocenters. The van der Waals surface area contributed by atoms with Crippen LogP contribution >= 0.6 is 23.1 Å². The van der Waals surface area contributed by atoms with Crippen molar-refractivity contribution in [1.82, 2.24) is 4.57 Å². The Balaban J connectivity index is 1.83. The molecule has 0 bridgehead atoms. The van der Waals surface area contributed by atoms with Gasteiger partial charge in [0.2, 0.25) is 0 Å². The number of amides is 1. The number of ether oxygens (including phenoxy) is 1. The molecule has 0 fully saturated rings. The van der Waals surface area contributed by atoms with Crippen LogP contribution in [0.4, 0.5) is 0 Å². The van der Waals surface area contributed by atoms with Crippen molar-refractivity contribution >= 4 is 39.2 Å². The second-order valence-corrected chi connectivity index (χ2v) is 8.31. The minimum atomic E-state index is -0.123. The number of thiazole rings is 1. The van der Waals surface area contributed by atoms with Gasteiger partial charge in [0.1, 0.15) is 0 Å². The van der Waals surface area contributed by atoms with E-state index in [4.69, 9.17) is 4.74 Å². The molecule has 1 amide bonds. The first kappa shape index (κ1) is 19.9. The van der Waals surface area contributed by atoms with Crippen LogP contribution in [0.1, 0.15) is 19.4 Å². The Labute approximate surface area is 167 Å². The highest BCUT2D eigenvalue weighted by Gasteiger charge is 2.08. The highest BCUT2D eigenvalue weighted by atomic mass is 32.2. The summed E-state index contributed by atoms with van der Waals surface area (Å²) in [5.74, 6) is 0.920. The number of rotatable bonds is 8. The van der Waals surface area contributed by atoms with E-state index in [0.717, 1.165) is 26.3 Å². The van der Waals surface area contributed by atoms with Crippen molar-refractivity contribution in [3.8, 4) is 0 Å². The standard InChI is InChI=1S/C21H24N2O2S2/c1-3-25-14-13-23-18-7-5-6-8-19(18)27-21(23)22-20(24)15-16-9-11-17(12-10-16)26-4-2/h5-12H,3-4,13-15H2,1-2H3. The molecule has 0 N–H and O–H groups in total. The largest absolute Gasteiger partial charge is 0.380 e. The molecule has 3 aromatic rings. The number of benzene rings is 2.